The molecule has 1 atom stereocenters. The quantitative estimate of drug-likeness (QED) is 0.911. The molecule has 1 aromatic carbocycles. The van der Waals surface area contributed by atoms with Crippen LogP contribution in [0.25, 0.3) is 0 Å². The van der Waals surface area contributed by atoms with Gasteiger partial charge in [0.25, 0.3) is 0 Å². The maximum atomic E-state index is 12.8. The number of rotatable bonds is 3. The molecule has 0 spiro atoms. The Bertz CT molecular complexity index is 841. The topological polar surface area (TPSA) is 81.6 Å². The van der Waals surface area contributed by atoms with E-state index in [9.17, 15) is 4.79 Å². The molecule has 4 rings (SSSR count). The zero-order valence-electron chi connectivity index (χ0n) is 13.7. The van der Waals surface area contributed by atoms with E-state index in [1.54, 1.807) is 6.07 Å². The Morgan fingerprint density at radius 2 is 2.29 bits per heavy atom. The number of amides is 1. The van der Waals surface area contributed by atoms with Gasteiger partial charge in [0.1, 0.15) is 5.82 Å². The van der Waals surface area contributed by atoms with Crippen LogP contribution < -0.4 is 5.32 Å². The Hall–Kier alpha value is -2.61. The van der Waals surface area contributed by atoms with Crippen LogP contribution in [0, 0.1) is 24.2 Å². The molecule has 5 heteroatoms. The molecule has 1 fully saturated rings. The summed E-state index contributed by atoms with van der Waals surface area (Å²) in [6, 6.07) is 9.76. The Balaban J connectivity index is 1.49. The molecule has 0 saturated heterocycles. The van der Waals surface area contributed by atoms with E-state index in [-0.39, 0.29) is 17.4 Å². The molecule has 5 nitrogen and oxygen atoms in total. The summed E-state index contributed by atoms with van der Waals surface area (Å²) >= 11 is 0. The van der Waals surface area contributed by atoms with Gasteiger partial charge in [0.05, 0.1) is 22.9 Å². The molecule has 2 aliphatic rings. The number of fused-ring (bicyclic) bond motifs is 1. The number of aromatic nitrogens is 2. The fourth-order valence-corrected chi connectivity index (χ4v) is 3.68. The molecule has 2 aromatic rings. The van der Waals surface area contributed by atoms with Gasteiger partial charge in [-0.1, -0.05) is 12.1 Å². The summed E-state index contributed by atoms with van der Waals surface area (Å²) in [4.78, 5) is 20.5. The summed E-state index contributed by atoms with van der Waals surface area (Å²) in [5, 5.41) is 12.3. The fourth-order valence-electron chi connectivity index (χ4n) is 3.68. The second-order valence-electron chi connectivity index (χ2n) is 6.95. The van der Waals surface area contributed by atoms with Crippen LogP contribution in [-0.2, 0) is 23.2 Å². The highest BCUT2D eigenvalue weighted by Gasteiger charge is 2.46. The van der Waals surface area contributed by atoms with Crippen LogP contribution in [0.2, 0.25) is 0 Å². The first kappa shape index (κ1) is 14.9. The van der Waals surface area contributed by atoms with E-state index in [0.717, 1.165) is 54.9 Å². The molecule has 1 amide bonds. The Morgan fingerprint density at radius 1 is 1.46 bits per heavy atom. The minimum Gasteiger partial charge on any atom is -0.346 e. The third kappa shape index (κ3) is 2.58. The highest BCUT2D eigenvalue weighted by Crippen LogP contribution is 2.46. The van der Waals surface area contributed by atoms with Crippen LogP contribution in [0.1, 0.15) is 47.6 Å². The normalized spacial score (nSPS) is 20.8. The number of carbonyl (C=O) groups is 1. The van der Waals surface area contributed by atoms with Crippen molar-refractivity contribution in [1.29, 1.82) is 5.26 Å². The molecule has 2 aliphatic carbocycles. The lowest BCUT2D eigenvalue weighted by Crippen LogP contribution is -2.40. The summed E-state index contributed by atoms with van der Waals surface area (Å²) in [5.41, 5.74) is 3.63. The molecule has 1 aromatic heterocycles. The monoisotopic (exact) mass is 320 g/mol. The van der Waals surface area contributed by atoms with Gasteiger partial charge in [-0.05, 0) is 50.3 Å². The first-order valence-electron chi connectivity index (χ1n) is 8.47. The van der Waals surface area contributed by atoms with Gasteiger partial charge in [0, 0.05) is 18.0 Å². The van der Waals surface area contributed by atoms with E-state index >= 15 is 0 Å². The first-order valence-corrected chi connectivity index (χ1v) is 8.47. The largest absolute Gasteiger partial charge is 0.346 e. The number of hydrogen-bond acceptors (Lipinski definition) is 3. The highest BCUT2D eigenvalue weighted by atomic mass is 16.2. The number of nitriles is 1. The average molecular weight is 320 g/mol. The molecule has 0 aliphatic heterocycles. The summed E-state index contributed by atoms with van der Waals surface area (Å²) in [7, 11) is 0. The lowest BCUT2D eigenvalue weighted by atomic mass is 9.88. The van der Waals surface area contributed by atoms with Crippen molar-refractivity contribution < 1.29 is 4.79 Å². The second kappa shape index (κ2) is 5.48. The predicted octanol–water partition coefficient (Wildman–Crippen LogP) is 2.50. The van der Waals surface area contributed by atoms with Crippen LogP contribution in [0.3, 0.4) is 0 Å². The number of aryl methyl sites for hydroxylation is 2. The number of aromatic amines is 1. The van der Waals surface area contributed by atoms with E-state index in [2.05, 4.69) is 21.4 Å². The zero-order chi connectivity index (χ0) is 16.7. The number of imidazole rings is 1. The molecule has 1 heterocycles. The van der Waals surface area contributed by atoms with Gasteiger partial charge in [-0.3, -0.25) is 4.79 Å². The third-order valence-corrected chi connectivity index (χ3v) is 5.19. The summed E-state index contributed by atoms with van der Waals surface area (Å²) in [5.74, 6) is 1.04. The first-order chi connectivity index (χ1) is 11.6. The Morgan fingerprint density at radius 3 is 3.04 bits per heavy atom. The van der Waals surface area contributed by atoms with Crippen molar-refractivity contribution in [2.24, 2.45) is 5.92 Å². The molecule has 2 N–H and O–H groups in total. The van der Waals surface area contributed by atoms with E-state index in [1.807, 2.05) is 25.1 Å². The van der Waals surface area contributed by atoms with Gasteiger partial charge in [-0.2, -0.15) is 5.26 Å². The van der Waals surface area contributed by atoms with Gasteiger partial charge in [-0.15, -0.1) is 0 Å². The summed E-state index contributed by atoms with van der Waals surface area (Å²) < 4.78 is 0. The predicted molar refractivity (Wildman–Crippen MR) is 89.1 cm³/mol. The van der Waals surface area contributed by atoms with Crippen LogP contribution in [0.15, 0.2) is 24.3 Å². The summed E-state index contributed by atoms with van der Waals surface area (Å²) in [6.07, 6.45) is 4.31. The van der Waals surface area contributed by atoms with Crippen molar-refractivity contribution in [3.8, 4) is 6.07 Å². The van der Waals surface area contributed by atoms with Crippen molar-refractivity contribution in [2.75, 3.05) is 0 Å². The highest BCUT2D eigenvalue weighted by molar-refractivity contribution is 5.80. The molecule has 0 radical (unpaired) electrons. The standard InChI is InChI=1S/C19H20N4O/c1-12-21-16-6-5-14(10-17(16)22-12)18(24)23-19(7-8-19)15-4-2-3-13(9-15)11-20/h2-4,9,14H,5-8,10H2,1H3,(H,21,22)(H,23,24)/t14-/m0/s1. The number of hydrogen-bond donors (Lipinski definition) is 2. The minimum absolute atomic E-state index is 0.00558. The van der Waals surface area contributed by atoms with Crippen LogP contribution >= 0.6 is 0 Å². The van der Waals surface area contributed by atoms with Crippen molar-refractivity contribution >= 4 is 5.91 Å². The molecule has 1 saturated carbocycles. The van der Waals surface area contributed by atoms with E-state index in [1.165, 1.54) is 0 Å². The average Bonchev–Trinajstić information content (AvgIpc) is 3.27. The van der Waals surface area contributed by atoms with Crippen molar-refractivity contribution in [3.63, 3.8) is 0 Å². The van der Waals surface area contributed by atoms with Crippen molar-refractivity contribution in [1.82, 2.24) is 15.3 Å². The van der Waals surface area contributed by atoms with Gasteiger partial charge in [0.2, 0.25) is 5.91 Å². The van der Waals surface area contributed by atoms with Crippen LogP contribution in [-0.4, -0.2) is 15.9 Å². The number of nitrogens with one attached hydrogen (secondary N) is 2. The maximum absolute atomic E-state index is 12.8. The minimum atomic E-state index is -0.270. The number of carbonyl (C=O) groups excluding carboxylic acids is 1. The fraction of sp³-hybridized carbons (Fsp3) is 0.421. The molecular formula is C19H20N4O. The second-order valence-corrected chi connectivity index (χ2v) is 6.95. The number of nitrogens with zero attached hydrogens (tertiary/aromatic N) is 2. The van der Waals surface area contributed by atoms with Crippen LogP contribution in [0.5, 0.6) is 0 Å². The van der Waals surface area contributed by atoms with Crippen molar-refractivity contribution in [3.05, 3.63) is 52.6 Å². The molecule has 24 heavy (non-hydrogen) atoms. The van der Waals surface area contributed by atoms with Crippen molar-refractivity contribution in [2.45, 2.75) is 44.6 Å². The maximum Gasteiger partial charge on any atom is 0.224 e. The number of benzene rings is 1. The van der Waals surface area contributed by atoms with E-state index in [4.69, 9.17) is 5.26 Å². The van der Waals surface area contributed by atoms with E-state index in [0.29, 0.717) is 5.56 Å². The lowest BCUT2D eigenvalue weighted by molar-refractivity contribution is -0.126. The van der Waals surface area contributed by atoms with Gasteiger partial charge in [0.15, 0.2) is 0 Å². The molecule has 122 valence electrons. The van der Waals surface area contributed by atoms with Gasteiger partial charge < -0.3 is 10.3 Å². The van der Waals surface area contributed by atoms with Crippen LogP contribution in [0.4, 0.5) is 0 Å². The SMILES string of the molecule is Cc1nc2c([nH]1)C[C@@H](C(=O)NC1(c3cccc(C#N)c3)CC1)CC2. The Kier molecular flexibility index (Phi) is 3.42. The summed E-state index contributed by atoms with van der Waals surface area (Å²) in [6.45, 7) is 1.95. The Labute approximate surface area is 141 Å². The van der Waals surface area contributed by atoms with E-state index < -0.39 is 0 Å². The smallest absolute Gasteiger partial charge is 0.224 e. The lowest BCUT2D eigenvalue weighted by Gasteiger charge is -2.25. The van der Waals surface area contributed by atoms with Gasteiger partial charge in [-0.25, -0.2) is 4.98 Å². The molecule has 0 bridgehead atoms. The number of H-pyrrole nitrogens is 1. The third-order valence-electron chi connectivity index (χ3n) is 5.19. The zero-order valence-corrected chi connectivity index (χ0v) is 13.7. The molecule has 0 unspecified atom stereocenters. The molecular weight excluding hydrogens is 300 g/mol. The van der Waals surface area contributed by atoms with Gasteiger partial charge >= 0.3 is 0 Å².